The first kappa shape index (κ1) is 13.2. The van der Waals surface area contributed by atoms with E-state index < -0.39 is 11.6 Å². The second kappa shape index (κ2) is 5.63. The van der Waals surface area contributed by atoms with E-state index in [2.05, 4.69) is 5.32 Å². The van der Waals surface area contributed by atoms with Gasteiger partial charge in [0.25, 0.3) is 0 Å². The second-order valence-electron chi connectivity index (χ2n) is 4.83. The molecule has 1 fully saturated rings. The van der Waals surface area contributed by atoms with Crippen LogP contribution in [0, 0.1) is 11.6 Å². The summed E-state index contributed by atoms with van der Waals surface area (Å²) in [7, 11) is 3.60. The standard InChI is InChI=1S/C13H19F2N3/c1-17(2)9-10-11(14)3-4-12(13(10)15)18-7-5-16-6-8-18/h3-4,16H,5-9H2,1-2H3. The van der Waals surface area contributed by atoms with Crippen molar-refractivity contribution >= 4 is 5.69 Å². The summed E-state index contributed by atoms with van der Waals surface area (Å²) in [5, 5.41) is 3.22. The summed E-state index contributed by atoms with van der Waals surface area (Å²) in [6.07, 6.45) is 0. The van der Waals surface area contributed by atoms with Gasteiger partial charge in [-0.15, -0.1) is 0 Å². The van der Waals surface area contributed by atoms with Crippen LogP contribution in [0.25, 0.3) is 0 Å². The summed E-state index contributed by atoms with van der Waals surface area (Å²) >= 11 is 0. The van der Waals surface area contributed by atoms with Gasteiger partial charge in [-0.1, -0.05) is 0 Å². The molecule has 1 aliphatic heterocycles. The molecule has 0 aliphatic carbocycles. The molecule has 5 heteroatoms. The van der Waals surface area contributed by atoms with Crippen LogP contribution in [-0.2, 0) is 6.54 Å². The molecule has 0 atom stereocenters. The molecule has 0 radical (unpaired) electrons. The van der Waals surface area contributed by atoms with Crippen molar-refractivity contribution in [3.05, 3.63) is 29.3 Å². The third-order valence-electron chi connectivity index (χ3n) is 3.10. The maximum absolute atomic E-state index is 14.3. The predicted octanol–water partition coefficient (Wildman–Crippen LogP) is 1.44. The Kier molecular flexibility index (Phi) is 4.14. The zero-order chi connectivity index (χ0) is 13.1. The molecule has 0 aromatic heterocycles. The lowest BCUT2D eigenvalue weighted by Crippen LogP contribution is -2.44. The molecule has 1 aromatic carbocycles. The molecule has 0 unspecified atom stereocenters. The van der Waals surface area contributed by atoms with E-state index in [0.717, 1.165) is 26.2 Å². The van der Waals surface area contributed by atoms with E-state index in [1.807, 2.05) is 4.90 Å². The summed E-state index contributed by atoms with van der Waals surface area (Å²) in [4.78, 5) is 3.73. The van der Waals surface area contributed by atoms with Crippen LogP contribution in [0.1, 0.15) is 5.56 Å². The number of nitrogens with zero attached hydrogens (tertiary/aromatic N) is 2. The molecule has 1 N–H and O–H groups in total. The predicted molar refractivity (Wildman–Crippen MR) is 68.8 cm³/mol. The third kappa shape index (κ3) is 2.79. The van der Waals surface area contributed by atoms with E-state index in [0.29, 0.717) is 5.69 Å². The number of rotatable bonds is 3. The largest absolute Gasteiger partial charge is 0.367 e. The Balaban J connectivity index is 2.30. The number of benzene rings is 1. The van der Waals surface area contributed by atoms with Gasteiger partial charge >= 0.3 is 0 Å². The average Bonchev–Trinajstić information content (AvgIpc) is 2.35. The van der Waals surface area contributed by atoms with Crippen LogP contribution < -0.4 is 10.2 Å². The van der Waals surface area contributed by atoms with Crippen LogP contribution in [0.2, 0.25) is 0 Å². The van der Waals surface area contributed by atoms with Crippen LogP contribution in [0.3, 0.4) is 0 Å². The van der Waals surface area contributed by atoms with Gasteiger partial charge < -0.3 is 15.1 Å². The fraction of sp³-hybridized carbons (Fsp3) is 0.538. The van der Waals surface area contributed by atoms with Crippen LogP contribution in [0.4, 0.5) is 14.5 Å². The monoisotopic (exact) mass is 255 g/mol. The summed E-state index contributed by atoms with van der Waals surface area (Å²) in [6, 6.07) is 2.90. The number of hydrogen-bond acceptors (Lipinski definition) is 3. The van der Waals surface area contributed by atoms with Crippen molar-refractivity contribution in [1.29, 1.82) is 0 Å². The Hall–Kier alpha value is -1.20. The number of piperazine rings is 1. The molecule has 0 spiro atoms. The van der Waals surface area contributed by atoms with E-state index in [9.17, 15) is 8.78 Å². The molecular formula is C13H19F2N3. The first-order chi connectivity index (χ1) is 8.59. The Morgan fingerprint density at radius 3 is 2.50 bits per heavy atom. The second-order valence-corrected chi connectivity index (χ2v) is 4.83. The van der Waals surface area contributed by atoms with Crippen molar-refractivity contribution in [2.45, 2.75) is 6.54 Å². The molecule has 2 rings (SSSR count). The minimum atomic E-state index is -0.472. The highest BCUT2D eigenvalue weighted by Gasteiger charge is 2.19. The van der Waals surface area contributed by atoms with E-state index >= 15 is 0 Å². The van der Waals surface area contributed by atoms with Crippen LogP contribution in [-0.4, -0.2) is 45.2 Å². The Bertz CT molecular complexity index is 415. The molecule has 100 valence electrons. The smallest absolute Gasteiger partial charge is 0.153 e. The number of halogens is 2. The molecular weight excluding hydrogens is 236 g/mol. The molecule has 1 aromatic rings. The molecule has 1 heterocycles. The van der Waals surface area contributed by atoms with Gasteiger partial charge in [0.1, 0.15) is 5.82 Å². The summed E-state index contributed by atoms with van der Waals surface area (Å²) in [5.74, 6) is -0.898. The summed E-state index contributed by atoms with van der Waals surface area (Å²) < 4.78 is 28.0. The number of nitrogens with one attached hydrogen (secondary N) is 1. The van der Waals surface area contributed by atoms with Crippen LogP contribution in [0.5, 0.6) is 0 Å². The number of hydrogen-bond donors (Lipinski definition) is 1. The third-order valence-corrected chi connectivity index (χ3v) is 3.10. The molecule has 18 heavy (non-hydrogen) atoms. The van der Waals surface area contributed by atoms with Gasteiger partial charge in [-0.2, -0.15) is 0 Å². The Morgan fingerprint density at radius 2 is 1.89 bits per heavy atom. The van der Waals surface area contributed by atoms with E-state index in [4.69, 9.17) is 0 Å². The van der Waals surface area contributed by atoms with Crippen molar-refractivity contribution in [3.63, 3.8) is 0 Å². The maximum Gasteiger partial charge on any atom is 0.153 e. The first-order valence-electron chi connectivity index (χ1n) is 6.17. The SMILES string of the molecule is CN(C)Cc1c(F)ccc(N2CCNCC2)c1F. The van der Waals surface area contributed by atoms with Crippen LogP contribution in [0.15, 0.2) is 12.1 Å². The Labute approximate surface area is 106 Å². The highest BCUT2D eigenvalue weighted by Crippen LogP contribution is 2.25. The fourth-order valence-electron chi connectivity index (χ4n) is 2.20. The molecule has 0 saturated carbocycles. The van der Waals surface area contributed by atoms with Gasteiger partial charge in [0.05, 0.1) is 5.69 Å². The lowest BCUT2D eigenvalue weighted by Gasteiger charge is -2.30. The number of anilines is 1. The van der Waals surface area contributed by atoms with Crippen molar-refractivity contribution in [2.24, 2.45) is 0 Å². The van der Waals surface area contributed by atoms with Crippen molar-refractivity contribution in [1.82, 2.24) is 10.2 Å². The molecule has 1 aliphatic rings. The maximum atomic E-state index is 14.3. The van der Waals surface area contributed by atoms with Gasteiger partial charge in [0.15, 0.2) is 5.82 Å². The highest BCUT2D eigenvalue weighted by molar-refractivity contribution is 5.51. The lowest BCUT2D eigenvalue weighted by atomic mass is 10.1. The van der Waals surface area contributed by atoms with Gasteiger partial charge in [-0.3, -0.25) is 0 Å². The molecule has 0 bridgehead atoms. The topological polar surface area (TPSA) is 18.5 Å². The zero-order valence-electron chi connectivity index (χ0n) is 10.8. The quantitative estimate of drug-likeness (QED) is 0.881. The fourth-order valence-corrected chi connectivity index (χ4v) is 2.20. The average molecular weight is 255 g/mol. The van der Waals surface area contributed by atoms with E-state index in [1.54, 1.807) is 19.0 Å². The van der Waals surface area contributed by atoms with Crippen molar-refractivity contribution < 1.29 is 8.78 Å². The minimum Gasteiger partial charge on any atom is -0.367 e. The van der Waals surface area contributed by atoms with Crippen LogP contribution >= 0.6 is 0 Å². The summed E-state index contributed by atoms with van der Waals surface area (Å²) in [5.41, 5.74) is 0.658. The van der Waals surface area contributed by atoms with Gasteiger partial charge in [0, 0.05) is 38.3 Å². The zero-order valence-corrected chi connectivity index (χ0v) is 10.8. The highest BCUT2D eigenvalue weighted by atomic mass is 19.1. The molecule has 0 amide bonds. The van der Waals surface area contributed by atoms with Gasteiger partial charge in [0.2, 0.25) is 0 Å². The Morgan fingerprint density at radius 1 is 1.22 bits per heavy atom. The van der Waals surface area contributed by atoms with Crippen molar-refractivity contribution in [2.75, 3.05) is 45.2 Å². The van der Waals surface area contributed by atoms with Gasteiger partial charge in [-0.05, 0) is 26.2 Å². The van der Waals surface area contributed by atoms with E-state index in [1.165, 1.54) is 12.1 Å². The molecule has 3 nitrogen and oxygen atoms in total. The normalized spacial score (nSPS) is 16.4. The first-order valence-corrected chi connectivity index (χ1v) is 6.17. The van der Waals surface area contributed by atoms with E-state index in [-0.39, 0.29) is 12.1 Å². The van der Waals surface area contributed by atoms with Gasteiger partial charge in [-0.25, -0.2) is 8.78 Å². The summed E-state index contributed by atoms with van der Waals surface area (Å²) in [6.45, 7) is 3.45. The molecule has 1 saturated heterocycles. The van der Waals surface area contributed by atoms with Crippen molar-refractivity contribution in [3.8, 4) is 0 Å². The lowest BCUT2D eigenvalue weighted by molar-refractivity contribution is 0.380. The minimum absolute atomic E-state index is 0.149.